The Bertz CT molecular complexity index is 1020. The summed E-state index contributed by atoms with van der Waals surface area (Å²) in [6, 6.07) is 6.20. The number of hydrogen-bond acceptors (Lipinski definition) is 9. The third kappa shape index (κ3) is 4.87. The van der Waals surface area contributed by atoms with Crippen molar-refractivity contribution >= 4 is 28.1 Å². The lowest BCUT2D eigenvalue weighted by Gasteiger charge is -2.42. The number of rotatable bonds is 5. The van der Waals surface area contributed by atoms with Crippen LogP contribution in [0, 0.1) is 12.7 Å². The molecule has 3 aromatic heterocycles. The van der Waals surface area contributed by atoms with Gasteiger partial charge in [0.1, 0.15) is 5.82 Å². The van der Waals surface area contributed by atoms with Gasteiger partial charge in [0.25, 0.3) is 0 Å². The van der Waals surface area contributed by atoms with Crippen molar-refractivity contribution in [3.63, 3.8) is 0 Å². The van der Waals surface area contributed by atoms with E-state index in [-0.39, 0.29) is 5.82 Å². The first-order chi connectivity index (χ1) is 15.7. The monoisotopic (exact) mass is 457 g/mol. The fourth-order valence-electron chi connectivity index (χ4n) is 3.63. The average molecular weight is 458 g/mol. The molecule has 0 unspecified atom stereocenters. The van der Waals surface area contributed by atoms with Crippen molar-refractivity contribution in [3.8, 4) is 10.6 Å². The number of pyridine rings is 1. The van der Waals surface area contributed by atoms with E-state index in [2.05, 4.69) is 30.2 Å². The Morgan fingerprint density at radius 3 is 2.53 bits per heavy atom. The van der Waals surface area contributed by atoms with Crippen molar-refractivity contribution in [1.82, 2.24) is 24.8 Å². The maximum absolute atomic E-state index is 15.3. The van der Waals surface area contributed by atoms with Crippen molar-refractivity contribution in [2.75, 3.05) is 49.6 Å². The smallest absolute Gasteiger partial charge is 0.208 e. The van der Waals surface area contributed by atoms with E-state index >= 15 is 4.39 Å². The Morgan fingerprint density at radius 2 is 1.88 bits per heavy atom. The topological polar surface area (TPSA) is 79.3 Å². The average Bonchev–Trinajstić information content (AvgIpc) is 3.26. The third-order valence-corrected chi connectivity index (χ3v) is 6.28. The predicted octanol–water partition coefficient (Wildman–Crippen LogP) is 3.73. The molecular formula is C22H28FN7OS. The molecule has 0 aliphatic carbocycles. The Kier molecular flexibility index (Phi) is 7.23. The van der Waals surface area contributed by atoms with Crippen LogP contribution in [0.4, 0.5) is 21.2 Å². The molecule has 2 fully saturated rings. The van der Waals surface area contributed by atoms with Crippen molar-refractivity contribution < 1.29 is 9.13 Å². The van der Waals surface area contributed by atoms with Gasteiger partial charge >= 0.3 is 0 Å². The number of nitrogens with one attached hydrogen (secondary N) is 1. The molecule has 32 heavy (non-hydrogen) atoms. The summed E-state index contributed by atoms with van der Waals surface area (Å²) in [5.41, 5.74) is 0.831. The molecule has 2 aliphatic rings. The van der Waals surface area contributed by atoms with Crippen LogP contribution >= 0.6 is 11.3 Å². The van der Waals surface area contributed by atoms with E-state index in [0.717, 1.165) is 50.0 Å². The van der Waals surface area contributed by atoms with Gasteiger partial charge < -0.3 is 15.0 Å². The van der Waals surface area contributed by atoms with Crippen molar-refractivity contribution in [1.29, 1.82) is 0 Å². The van der Waals surface area contributed by atoms with Gasteiger partial charge in [-0.3, -0.25) is 9.88 Å². The molecule has 0 saturated carbocycles. The second kappa shape index (κ2) is 10.3. The SMILES string of the molecule is CC.Cc1nc(Nc2ncc(-c3ccccn3)s2)c(F)c(N2CCN(C3COC3)CC2)n1. The summed E-state index contributed by atoms with van der Waals surface area (Å²) in [5.74, 6) is 0.561. The van der Waals surface area contributed by atoms with Gasteiger partial charge in [0.2, 0.25) is 5.82 Å². The highest BCUT2D eigenvalue weighted by Gasteiger charge is 2.30. The van der Waals surface area contributed by atoms with E-state index in [1.807, 2.05) is 36.9 Å². The number of piperazine rings is 1. The van der Waals surface area contributed by atoms with Crippen LogP contribution in [0.2, 0.25) is 0 Å². The second-order valence-electron chi connectivity index (χ2n) is 7.34. The summed E-state index contributed by atoms with van der Waals surface area (Å²) in [7, 11) is 0. The molecule has 0 amide bonds. The van der Waals surface area contributed by atoms with E-state index < -0.39 is 5.82 Å². The highest BCUT2D eigenvalue weighted by atomic mass is 32.1. The molecule has 2 saturated heterocycles. The predicted molar refractivity (Wildman–Crippen MR) is 125 cm³/mol. The zero-order chi connectivity index (χ0) is 22.5. The number of ether oxygens (including phenoxy) is 1. The van der Waals surface area contributed by atoms with Gasteiger partial charge in [-0.25, -0.2) is 15.0 Å². The fraction of sp³-hybridized carbons (Fsp3) is 0.455. The van der Waals surface area contributed by atoms with Crippen LogP contribution in [-0.4, -0.2) is 70.3 Å². The molecule has 5 rings (SSSR count). The first-order valence-electron chi connectivity index (χ1n) is 10.9. The molecule has 2 aliphatic heterocycles. The number of thiazole rings is 1. The van der Waals surface area contributed by atoms with Gasteiger partial charge in [0, 0.05) is 38.6 Å². The minimum Gasteiger partial charge on any atom is -0.378 e. The summed E-state index contributed by atoms with van der Waals surface area (Å²) in [5, 5.41) is 3.59. The maximum atomic E-state index is 15.3. The maximum Gasteiger partial charge on any atom is 0.208 e. The minimum absolute atomic E-state index is 0.147. The van der Waals surface area contributed by atoms with Crippen LogP contribution in [0.25, 0.3) is 10.6 Å². The molecule has 5 heterocycles. The summed E-state index contributed by atoms with van der Waals surface area (Å²) in [4.78, 5) is 22.6. The zero-order valence-corrected chi connectivity index (χ0v) is 19.4. The zero-order valence-electron chi connectivity index (χ0n) is 18.6. The van der Waals surface area contributed by atoms with E-state index in [1.54, 1.807) is 19.3 Å². The fourth-order valence-corrected chi connectivity index (χ4v) is 4.42. The lowest BCUT2D eigenvalue weighted by Crippen LogP contribution is -2.56. The van der Waals surface area contributed by atoms with E-state index in [4.69, 9.17) is 4.74 Å². The number of nitrogens with zero attached hydrogens (tertiary/aromatic N) is 6. The molecule has 0 bridgehead atoms. The van der Waals surface area contributed by atoms with Crippen LogP contribution in [-0.2, 0) is 4.74 Å². The molecule has 0 atom stereocenters. The number of halogens is 1. The summed E-state index contributed by atoms with van der Waals surface area (Å²) in [6.45, 7) is 10.6. The largest absolute Gasteiger partial charge is 0.378 e. The first-order valence-corrected chi connectivity index (χ1v) is 11.7. The Labute approximate surface area is 191 Å². The molecule has 10 heteroatoms. The van der Waals surface area contributed by atoms with Crippen LogP contribution in [0.3, 0.4) is 0 Å². The molecule has 8 nitrogen and oxygen atoms in total. The van der Waals surface area contributed by atoms with Crippen LogP contribution in [0.1, 0.15) is 19.7 Å². The number of aromatic nitrogens is 4. The summed E-state index contributed by atoms with van der Waals surface area (Å²) in [6.07, 6.45) is 3.46. The Balaban J connectivity index is 0.00000119. The summed E-state index contributed by atoms with van der Waals surface area (Å²) < 4.78 is 20.6. The standard InChI is InChI=1S/C20H22FN7OS.C2H6/c1-13-24-18(26-20-23-10-16(30-20)15-4-2-3-5-22-15)17(21)19(25-13)28-8-6-27(7-9-28)14-11-29-12-14;1-2/h2-5,10,14H,6-9,11-12H2,1H3,(H,23,24,25,26);1-2H3. The molecule has 3 aromatic rings. The van der Waals surface area contributed by atoms with E-state index in [0.29, 0.717) is 22.8 Å². The van der Waals surface area contributed by atoms with Gasteiger partial charge in [-0.2, -0.15) is 4.39 Å². The van der Waals surface area contributed by atoms with Gasteiger partial charge in [0.05, 0.1) is 29.8 Å². The second-order valence-corrected chi connectivity index (χ2v) is 8.37. The number of aryl methyl sites for hydroxylation is 1. The molecule has 0 aromatic carbocycles. The minimum atomic E-state index is -0.449. The quantitative estimate of drug-likeness (QED) is 0.621. The lowest BCUT2D eigenvalue weighted by atomic mass is 10.2. The summed E-state index contributed by atoms with van der Waals surface area (Å²) >= 11 is 1.41. The van der Waals surface area contributed by atoms with Gasteiger partial charge in [-0.05, 0) is 19.1 Å². The van der Waals surface area contributed by atoms with Crippen LogP contribution in [0.5, 0.6) is 0 Å². The number of hydrogen-bond donors (Lipinski definition) is 1. The normalized spacial score (nSPS) is 16.8. The Morgan fingerprint density at radius 1 is 1.09 bits per heavy atom. The molecular weight excluding hydrogens is 429 g/mol. The van der Waals surface area contributed by atoms with Gasteiger partial charge in [0.15, 0.2) is 16.8 Å². The highest BCUT2D eigenvalue weighted by molar-refractivity contribution is 7.18. The number of anilines is 3. The van der Waals surface area contributed by atoms with Crippen molar-refractivity contribution in [2.45, 2.75) is 26.8 Å². The molecule has 0 spiro atoms. The van der Waals surface area contributed by atoms with Crippen LogP contribution < -0.4 is 10.2 Å². The molecule has 0 radical (unpaired) electrons. The van der Waals surface area contributed by atoms with Crippen molar-refractivity contribution in [3.05, 3.63) is 42.2 Å². The van der Waals surface area contributed by atoms with E-state index in [9.17, 15) is 0 Å². The van der Waals surface area contributed by atoms with Gasteiger partial charge in [-0.15, -0.1) is 0 Å². The third-order valence-electron chi connectivity index (χ3n) is 5.34. The van der Waals surface area contributed by atoms with Gasteiger partial charge in [-0.1, -0.05) is 31.3 Å². The molecule has 170 valence electrons. The molecule has 1 N–H and O–H groups in total. The Hall–Kier alpha value is -2.69. The lowest BCUT2D eigenvalue weighted by molar-refractivity contribution is -0.0661. The van der Waals surface area contributed by atoms with E-state index in [1.165, 1.54) is 11.3 Å². The van der Waals surface area contributed by atoms with Crippen LogP contribution in [0.15, 0.2) is 30.6 Å². The first kappa shape index (κ1) is 22.5. The van der Waals surface area contributed by atoms with Crippen molar-refractivity contribution in [2.24, 2.45) is 0 Å². The highest BCUT2D eigenvalue weighted by Crippen LogP contribution is 2.31.